The third-order valence-corrected chi connectivity index (χ3v) is 6.18. The Balaban J connectivity index is 1.86. The molecule has 1 aliphatic heterocycles. The minimum absolute atomic E-state index is 0.00338. The van der Waals surface area contributed by atoms with Gasteiger partial charge in [-0.05, 0) is 43.5 Å². The van der Waals surface area contributed by atoms with Crippen LogP contribution in [-0.2, 0) is 6.54 Å². The Morgan fingerprint density at radius 2 is 2.03 bits per heavy atom. The summed E-state index contributed by atoms with van der Waals surface area (Å²) in [6.45, 7) is 3.47. The van der Waals surface area contributed by atoms with Crippen molar-refractivity contribution in [3.05, 3.63) is 64.8 Å². The Morgan fingerprint density at radius 3 is 2.59 bits per heavy atom. The number of nitrogens with zero attached hydrogens (tertiary/aromatic N) is 4. The number of hydrogen-bond acceptors (Lipinski definition) is 7. The number of aryl methyl sites for hydroxylation is 1. The normalized spacial score (nSPS) is 16.5. The van der Waals surface area contributed by atoms with E-state index in [1.807, 2.05) is 15.7 Å². The number of benzene rings is 1. The van der Waals surface area contributed by atoms with E-state index in [1.165, 1.54) is 12.3 Å². The van der Waals surface area contributed by atoms with Crippen molar-refractivity contribution in [2.24, 2.45) is 22.2 Å². The van der Waals surface area contributed by atoms with Gasteiger partial charge in [0, 0.05) is 62.3 Å². The fourth-order valence-electron chi connectivity index (χ4n) is 4.27. The summed E-state index contributed by atoms with van der Waals surface area (Å²) in [6, 6.07) is 4.95. The average molecular weight is 469 g/mol. The molecule has 1 fully saturated rings. The van der Waals surface area contributed by atoms with Gasteiger partial charge in [0.1, 0.15) is 23.3 Å². The molecule has 9 nitrogen and oxygen atoms in total. The number of amidine groups is 1. The van der Waals surface area contributed by atoms with Gasteiger partial charge in [0.15, 0.2) is 0 Å². The zero-order chi connectivity index (χ0) is 24.8. The molecule has 34 heavy (non-hydrogen) atoms. The predicted octanol–water partition coefficient (Wildman–Crippen LogP) is 1.82. The Labute approximate surface area is 199 Å². The Kier molecular flexibility index (Phi) is 8.06. The van der Waals surface area contributed by atoms with E-state index in [-0.39, 0.29) is 24.2 Å². The van der Waals surface area contributed by atoms with E-state index in [4.69, 9.17) is 27.6 Å². The second-order valence-electron chi connectivity index (χ2n) is 8.26. The van der Waals surface area contributed by atoms with Crippen molar-refractivity contribution in [2.45, 2.75) is 32.2 Å². The molecule has 0 unspecified atom stereocenters. The maximum absolute atomic E-state index is 13.7. The number of likely N-dealkylation sites (tertiary alicyclic amines) is 1. The summed E-state index contributed by atoms with van der Waals surface area (Å²) < 4.78 is 15.7. The summed E-state index contributed by atoms with van der Waals surface area (Å²) in [5.74, 6) is 1.46. The quantitative estimate of drug-likeness (QED) is 0.226. The molecular weight excluding hydrogens is 435 g/mol. The Hall–Kier alpha value is -3.66. The smallest absolute Gasteiger partial charge is 0.129 e. The number of nitrogens with two attached hydrogens (primary N) is 3. The van der Waals surface area contributed by atoms with Crippen LogP contribution < -0.4 is 17.2 Å². The number of halogens is 1. The van der Waals surface area contributed by atoms with Gasteiger partial charge in [0.2, 0.25) is 0 Å². The van der Waals surface area contributed by atoms with Crippen LogP contribution in [0.15, 0.2) is 52.6 Å². The number of rotatable bonds is 8. The summed E-state index contributed by atoms with van der Waals surface area (Å²) in [4.78, 5) is 10.9. The number of aliphatic imine (C=N–C) groups is 1. The van der Waals surface area contributed by atoms with Gasteiger partial charge >= 0.3 is 0 Å². The molecule has 10 heteroatoms. The summed E-state index contributed by atoms with van der Waals surface area (Å²) in [5.41, 5.74) is 21.2. The second kappa shape index (κ2) is 11.0. The van der Waals surface area contributed by atoms with Crippen LogP contribution in [0, 0.1) is 18.2 Å². The van der Waals surface area contributed by atoms with E-state index in [0.717, 1.165) is 36.1 Å². The van der Waals surface area contributed by atoms with Gasteiger partial charge < -0.3 is 37.2 Å². The number of aromatic nitrogens is 2. The maximum atomic E-state index is 13.7. The molecule has 0 atom stereocenters. The highest BCUT2D eigenvalue weighted by atomic mass is 19.1. The Morgan fingerprint density at radius 1 is 1.32 bits per heavy atom. The van der Waals surface area contributed by atoms with Crippen LogP contribution in [0.3, 0.4) is 0 Å². The van der Waals surface area contributed by atoms with Gasteiger partial charge in [-0.1, -0.05) is 0 Å². The number of imidazole rings is 1. The van der Waals surface area contributed by atoms with Crippen molar-refractivity contribution in [2.75, 3.05) is 26.7 Å². The first-order valence-electron chi connectivity index (χ1n) is 11.2. The topological polar surface area (TPSA) is 156 Å². The van der Waals surface area contributed by atoms with Crippen LogP contribution in [0.4, 0.5) is 4.39 Å². The molecule has 0 spiro atoms. The molecule has 1 aliphatic rings. The summed E-state index contributed by atoms with van der Waals surface area (Å²) in [5, 5.41) is 17.2. The van der Waals surface area contributed by atoms with Crippen molar-refractivity contribution in [3.63, 3.8) is 0 Å². The van der Waals surface area contributed by atoms with E-state index in [0.29, 0.717) is 42.2 Å². The van der Waals surface area contributed by atoms with Gasteiger partial charge in [-0.15, -0.1) is 0 Å². The highest BCUT2D eigenvalue weighted by molar-refractivity contribution is 6.08. The van der Waals surface area contributed by atoms with Crippen molar-refractivity contribution < 1.29 is 9.50 Å². The molecule has 3 rings (SSSR count). The van der Waals surface area contributed by atoms with E-state index >= 15 is 0 Å². The fraction of sp³-hybridized carbons (Fsp3) is 0.375. The number of piperidine rings is 1. The first-order chi connectivity index (χ1) is 16.3. The lowest BCUT2D eigenvalue weighted by Crippen LogP contribution is -2.39. The largest absolute Gasteiger partial charge is 0.404 e. The van der Waals surface area contributed by atoms with E-state index in [2.05, 4.69) is 4.99 Å². The lowest BCUT2D eigenvalue weighted by atomic mass is 9.95. The number of hydrogen-bond donors (Lipinski definition) is 5. The second-order valence-corrected chi connectivity index (χ2v) is 8.26. The number of aliphatic hydroxyl groups excluding tert-OH is 1. The summed E-state index contributed by atoms with van der Waals surface area (Å²) in [7, 11) is 1.56. The van der Waals surface area contributed by atoms with Crippen LogP contribution >= 0.6 is 0 Å². The van der Waals surface area contributed by atoms with Crippen molar-refractivity contribution in [1.29, 1.82) is 5.41 Å². The molecule has 2 heterocycles. The summed E-state index contributed by atoms with van der Waals surface area (Å²) >= 11 is 0. The molecule has 1 aromatic heterocycles. The van der Waals surface area contributed by atoms with Crippen molar-refractivity contribution in [1.82, 2.24) is 14.5 Å². The third-order valence-electron chi connectivity index (χ3n) is 6.18. The standard InChI is InChI=1S/C24H33FN8O/c1-15-11-17(3-4-19(15)25)20-14-33(9-10-34)24(31-20)16-5-7-32(8-6-16)23(29)21(22(28)30-2)18(12-26)13-27/h3-4,11-14,16,26,34H,5-10,27,29H2,1-2H3,(H2,28,30). The molecule has 1 aromatic carbocycles. The minimum Gasteiger partial charge on any atom is -0.404 e. The van der Waals surface area contributed by atoms with E-state index in [1.54, 1.807) is 26.1 Å². The SMILES string of the molecule is CN=C(N)C(C(C=N)=CN)=C(N)N1CCC(c2nc(-c3ccc(F)c(C)c3)cn2CCO)CC1. The van der Waals surface area contributed by atoms with Crippen molar-refractivity contribution >= 4 is 12.1 Å². The maximum Gasteiger partial charge on any atom is 0.129 e. The van der Waals surface area contributed by atoms with Crippen LogP contribution in [0.2, 0.25) is 0 Å². The van der Waals surface area contributed by atoms with E-state index in [9.17, 15) is 9.50 Å². The van der Waals surface area contributed by atoms with Crippen LogP contribution in [0.25, 0.3) is 11.3 Å². The zero-order valence-electron chi connectivity index (χ0n) is 19.6. The van der Waals surface area contributed by atoms with Gasteiger partial charge in [0.05, 0.1) is 17.9 Å². The Bertz CT molecular complexity index is 1130. The highest BCUT2D eigenvalue weighted by Gasteiger charge is 2.27. The van der Waals surface area contributed by atoms with E-state index < -0.39 is 0 Å². The molecular formula is C24H33FN8O. The molecule has 0 bridgehead atoms. The van der Waals surface area contributed by atoms with Gasteiger partial charge in [-0.25, -0.2) is 9.37 Å². The molecule has 182 valence electrons. The minimum atomic E-state index is -0.249. The molecule has 8 N–H and O–H groups in total. The molecule has 1 saturated heterocycles. The third kappa shape index (κ3) is 5.12. The van der Waals surface area contributed by atoms with Gasteiger partial charge in [-0.3, -0.25) is 4.99 Å². The lowest BCUT2D eigenvalue weighted by Gasteiger charge is -2.34. The van der Waals surface area contributed by atoms with Gasteiger partial charge in [0.25, 0.3) is 0 Å². The lowest BCUT2D eigenvalue weighted by molar-refractivity contribution is 0.245. The molecule has 0 saturated carbocycles. The number of nitrogens with one attached hydrogen (secondary N) is 1. The fourth-order valence-corrected chi connectivity index (χ4v) is 4.27. The predicted molar refractivity (Wildman–Crippen MR) is 133 cm³/mol. The average Bonchev–Trinajstić information content (AvgIpc) is 3.27. The molecule has 0 aliphatic carbocycles. The van der Waals surface area contributed by atoms with Crippen molar-refractivity contribution in [3.8, 4) is 11.3 Å². The molecule has 2 aromatic rings. The zero-order valence-corrected chi connectivity index (χ0v) is 19.6. The summed E-state index contributed by atoms with van der Waals surface area (Å²) in [6.07, 6.45) is 5.89. The van der Waals surface area contributed by atoms with Crippen LogP contribution in [0.1, 0.15) is 30.1 Å². The first-order valence-corrected chi connectivity index (χ1v) is 11.2. The highest BCUT2D eigenvalue weighted by Crippen LogP contribution is 2.32. The monoisotopic (exact) mass is 468 g/mol. The first kappa shape index (κ1) is 25.0. The van der Waals surface area contributed by atoms with Crippen LogP contribution in [-0.4, -0.2) is 58.4 Å². The molecule has 0 radical (unpaired) electrons. The van der Waals surface area contributed by atoms with Crippen LogP contribution in [0.5, 0.6) is 0 Å². The van der Waals surface area contributed by atoms with Gasteiger partial charge in [-0.2, -0.15) is 0 Å². The molecule has 0 amide bonds. The number of aliphatic hydroxyl groups is 1.